The second-order valence-corrected chi connectivity index (χ2v) is 4.79. The monoisotopic (exact) mass is 271 g/mol. The van der Waals surface area contributed by atoms with Crippen LogP contribution in [-0.2, 0) is 13.5 Å². The number of hydrogen-bond acceptors (Lipinski definition) is 3. The molecule has 5 heteroatoms. The number of aliphatic hydroxyl groups is 1. The Kier molecular flexibility index (Phi) is 3.20. The first-order valence-electron chi connectivity index (χ1n) is 6.35. The molecule has 0 aliphatic carbocycles. The highest BCUT2D eigenvalue weighted by molar-refractivity contribution is 5.86. The minimum Gasteiger partial charge on any atom is -0.388 e. The molecule has 1 unspecified atom stereocenters. The van der Waals surface area contributed by atoms with E-state index in [1.165, 1.54) is 6.07 Å². The number of hydrogen-bond donors (Lipinski definition) is 1. The van der Waals surface area contributed by atoms with E-state index in [0.29, 0.717) is 23.1 Å². The largest absolute Gasteiger partial charge is 0.388 e. The number of benzene rings is 2. The topological polar surface area (TPSA) is 50.9 Å². The fraction of sp³-hybridized carbons (Fsp3) is 0.200. The highest BCUT2D eigenvalue weighted by atomic mass is 19.1. The lowest BCUT2D eigenvalue weighted by Gasteiger charge is -2.13. The van der Waals surface area contributed by atoms with E-state index in [1.54, 1.807) is 36.1 Å². The molecule has 3 rings (SSSR count). The Bertz CT molecular complexity index is 754. The lowest BCUT2D eigenvalue weighted by atomic mass is 9.97. The third kappa shape index (κ3) is 2.28. The third-order valence-corrected chi connectivity index (χ3v) is 3.32. The van der Waals surface area contributed by atoms with Gasteiger partial charge in [0.05, 0.1) is 11.8 Å². The number of fused-ring (bicyclic) bond motifs is 1. The van der Waals surface area contributed by atoms with Crippen LogP contribution in [-0.4, -0.2) is 20.1 Å². The van der Waals surface area contributed by atoms with Gasteiger partial charge in [0.2, 0.25) is 0 Å². The van der Waals surface area contributed by atoms with Crippen molar-refractivity contribution in [1.82, 2.24) is 15.0 Å². The average Bonchev–Trinajstić information content (AvgIpc) is 2.84. The summed E-state index contributed by atoms with van der Waals surface area (Å²) in [5, 5.41) is 19.4. The summed E-state index contributed by atoms with van der Waals surface area (Å²) < 4.78 is 15.3. The molecule has 0 saturated heterocycles. The summed E-state index contributed by atoms with van der Waals surface area (Å²) in [6.07, 6.45) is 1.37. The molecule has 0 amide bonds. The van der Waals surface area contributed by atoms with Gasteiger partial charge >= 0.3 is 0 Å². The van der Waals surface area contributed by atoms with Crippen LogP contribution in [0.4, 0.5) is 4.39 Å². The number of aliphatic hydroxyl groups excluding tert-OH is 1. The number of halogens is 1. The zero-order valence-corrected chi connectivity index (χ0v) is 11.0. The Morgan fingerprint density at radius 1 is 1.20 bits per heavy atom. The molecule has 20 heavy (non-hydrogen) atoms. The summed E-state index contributed by atoms with van der Waals surface area (Å²) in [6.45, 7) is 0. The van der Waals surface area contributed by atoms with Gasteiger partial charge in [-0.2, -0.15) is 0 Å². The summed E-state index contributed by atoms with van der Waals surface area (Å²) in [5.41, 5.74) is 1.40. The van der Waals surface area contributed by atoms with Crippen LogP contribution in [0.15, 0.2) is 42.6 Å². The van der Waals surface area contributed by atoms with Crippen LogP contribution in [0, 0.1) is 5.82 Å². The van der Waals surface area contributed by atoms with Gasteiger partial charge in [-0.1, -0.05) is 35.5 Å². The van der Waals surface area contributed by atoms with Gasteiger partial charge in [-0.15, -0.1) is 5.10 Å². The van der Waals surface area contributed by atoms with Crippen molar-refractivity contribution < 1.29 is 9.50 Å². The third-order valence-electron chi connectivity index (χ3n) is 3.32. The second kappa shape index (κ2) is 5.02. The van der Waals surface area contributed by atoms with Crippen LogP contribution in [0.1, 0.15) is 17.4 Å². The Labute approximate surface area is 115 Å². The maximum Gasteiger partial charge on any atom is 0.131 e. The van der Waals surface area contributed by atoms with Crippen LogP contribution >= 0.6 is 0 Å². The van der Waals surface area contributed by atoms with Gasteiger partial charge in [0.25, 0.3) is 0 Å². The van der Waals surface area contributed by atoms with Crippen molar-refractivity contribution in [3.8, 4) is 0 Å². The highest BCUT2D eigenvalue weighted by Gasteiger charge is 2.15. The quantitative estimate of drug-likeness (QED) is 0.795. The Morgan fingerprint density at radius 2 is 1.95 bits per heavy atom. The first-order valence-corrected chi connectivity index (χ1v) is 6.35. The molecule has 0 aliphatic heterocycles. The minimum absolute atomic E-state index is 0.281. The van der Waals surface area contributed by atoms with Crippen LogP contribution in [0.3, 0.4) is 0 Å². The number of aryl methyl sites for hydroxylation is 1. The number of aromatic nitrogens is 3. The van der Waals surface area contributed by atoms with E-state index in [-0.39, 0.29) is 5.82 Å². The van der Waals surface area contributed by atoms with Gasteiger partial charge in [0.15, 0.2) is 0 Å². The molecule has 0 bridgehead atoms. The zero-order valence-electron chi connectivity index (χ0n) is 11.0. The van der Waals surface area contributed by atoms with Gasteiger partial charge < -0.3 is 5.11 Å². The fourth-order valence-corrected chi connectivity index (χ4v) is 2.37. The van der Waals surface area contributed by atoms with Crippen LogP contribution in [0.25, 0.3) is 10.8 Å². The molecule has 2 aromatic carbocycles. The van der Waals surface area contributed by atoms with Crippen molar-refractivity contribution >= 4 is 10.8 Å². The smallest absolute Gasteiger partial charge is 0.131 e. The first kappa shape index (κ1) is 12.7. The van der Waals surface area contributed by atoms with E-state index in [1.807, 2.05) is 12.1 Å². The molecule has 0 spiro atoms. The molecular formula is C15H14FN3O. The predicted molar refractivity (Wildman–Crippen MR) is 73.6 cm³/mol. The molecule has 1 heterocycles. The molecule has 0 saturated carbocycles. The molecule has 102 valence electrons. The normalized spacial score (nSPS) is 12.8. The minimum atomic E-state index is -0.739. The molecule has 0 fully saturated rings. The van der Waals surface area contributed by atoms with Crippen molar-refractivity contribution in [1.29, 1.82) is 0 Å². The van der Waals surface area contributed by atoms with Crippen LogP contribution in [0.5, 0.6) is 0 Å². The van der Waals surface area contributed by atoms with E-state index in [4.69, 9.17) is 0 Å². The first-order chi connectivity index (χ1) is 9.65. The molecular weight excluding hydrogens is 257 g/mol. The lowest BCUT2D eigenvalue weighted by molar-refractivity contribution is 0.178. The van der Waals surface area contributed by atoms with Crippen molar-refractivity contribution in [3.05, 3.63) is 59.7 Å². The van der Waals surface area contributed by atoms with E-state index in [0.717, 1.165) is 5.39 Å². The van der Waals surface area contributed by atoms with Crippen molar-refractivity contribution in [2.75, 3.05) is 0 Å². The summed E-state index contributed by atoms with van der Waals surface area (Å²) in [4.78, 5) is 0. The average molecular weight is 271 g/mol. The van der Waals surface area contributed by atoms with Crippen molar-refractivity contribution in [3.63, 3.8) is 0 Å². The summed E-state index contributed by atoms with van der Waals surface area (Å²) in [5.74, 6) is -0.281. The summed E-state index contributed by atoms with van der Waals surface area (Å²) in [6, 6.07) is 10.2. The Hall–Kier alpha value is -2.27. The van der Waals surface area contributed by atoms with E-state index >= 15 is 0 Å². The van der Waals surface area contributed by atoms with Gasteiger partial charge in [0, 0.05) is 25.1 Å². The highest BCUT2D eigenvalue weighted by Crippen LogP contribution is 2.28. The number of rotatable bonds is 3. The lowest BCUT2D eigenvalue weighted by Crippen LogP contribution is -2.03. The van der Waals surface area contributed by atoms with E-state index in [2.05, 4.69) is 10.3 Å². The fourth-order valence-electron chi connectivity index (χ4n) is 2.37. The molecule has 4 nitrogen and oxygen atoms in total. The van der Waals surface area contributed by atoms with Crippen LogP contribution < -0.4 is 0 Å². The molecule has 3 aromatic rings. The number of nitrogens with zero attached hydrogens (tertiary/aromatic N) is 3. The Morgan fingerprint density at radius 3 is 2.65 bits per heavy atom. The molecule has 1 N–H and O–H groups in total. The summed E-state index contributed by atoms with van der Waals surface area (Å²) in [7, 11) is 1.77. The van der Waals surface area contributed by atoms with Gasteiger partial charge in [0.1, 0.15) is 5.82 Å². The molecule has 1 atom stereocenters. The van der Waals surface area contributed by atoms with Gasteiger partial charge in [-0.25, -0.2) is 4.39 Å². The van der Waals surface area contributed by atoms with Gasteiger partial charge in [-0.05, 0) is 17.0 Å². The second-order valence-electron chi connectivity index (χ2n) is 4.79. The maximum atomic E-state index is 13.8. The predicted octanol–water partition coefficient (Wildman–Crippen LogP) is 2.38. The Balaban J connectivity index is 1.99. The molecule has 0 radical (unpaired) electrons. The van der Waals surface area contributed by atoms with E-state index in [9.17, 15) is 9.50 Å². The summed E-state index contributed by atoms with van der Waals surface area (Å²) >= 11 is 0. The van der Waals surface area contributed by atoms with Crippen molar-refractivity contribution in [2.45, 2.75) is 12.5 Å². The zero-order chi connectivity index (χ0) is 14.1. The van der Waals surface area contributed by atoms with Crippen molar-refractivity contribution in [2.24, 2.45) is 7.05 Å². The maximum absolute atomic E-state index is 13.8. The molecule has 1 aromatic heterocycles. The van der Waals surface area contributed by atoms with E-state index < -0.39 is 6.10 Å². The van der Waals surface area contributed by atoms with Crippen LogP contribution in [0.2, 0.25) is 0 Å². The molecule has 0 aliphatic rings. The standard InChI is InChI=1S/C15H14FN3O/c1-19-9-10(17-18-19)8-15(20)13-6-7-14(16)12-5-3-2-4-11(12)13/h2-7,9,15,20H,8H2,1H3. The van der Waals surface area contributed by atoms with Gasteiger partial charge in [-0.3, -0.25) is 4.68 Å². The SMILES string of the molecule is Cn1cc(CC(O)c2ccc(F)c3ccccc23)nn1.